The summed E-state index contributed by atoms with van der Waals surface area (Å²) in [5, 5.41) is 3.35. The molecule has 0 amide bonds. The highest BCUT2D eigenvalue weighted by Crippen LogP contribution is 2.26. The number of nitrogens with one attached hydrogen (secondary N) is 1. The van der Waals surface area contributed by atoms with Gasteiger partial charge in [0.25, 0.3) is 0 Å². The lowest BCUT2D eigenvalue weighted by molar-refractivity contribution is 0.0181. The van der Waals surface area contributed by atoms with E-state index in [0.29, 0.717) is 6.04 Å². The Morgan fingerprint density at radius 3 is 2.33 bits per heavy atom. The van der Waals surface area contributed by atoms with E-state index in [1.165, 1.54) is 51.6 Å². The molecule has 1 aliphatic heterocycles. The molecule has 1 saturated carbocycles. The van der Waals surface area contributed by atoms with E-state index in [1.807, 2.05) is 0 Å². The summed E-state index contributed by atoms with van der Waals surface area (Å²) in [5.74, 6) is 0. The first-order chi connectivity index (χ1) is 8.72. The summed E-state index contributed by atoms with van der Waals surface area (Å²) in [6.07, 6.45) is 8.67. The molecule has 2 unspecified atom stereocenters. The quantitative estimate of drug-likeness (QED) is 0.776. The van der Waals surface area contributed by atoms with Gasteiger partial charge in [0.05, 0.1) is 0 Å². The fourth-order valence-corrected chi connectivity index (χ4v) is 3.79. The van der Waals surface area contributed by atoms with E-state index in [4.69, 9.17) is 0 Å². The van der Waals surface area contributed by atoms with Crippen LogP contribution in [0.3, 0.4) is 0 Å². The van der Waals surface area contributed by atoms with Gasteiger partial charge in [-0.1, -0.05) is 25.7 Å². The first-order valence-electron chi connectivity index (χ1n) is 7.83. The summed E-state index contributed by atoms with van der Waals surface area (Å²) in [7, 11) is 4.35. The molecule has 0 bridgehead atoms. The van der Waals surface area contributed by atoms with E-state index < -0.39 is 0 Å². The third-order valence-corrected chi connectivity index (χ3v) is 4.90. The zero-order chi connectivity index (χ0) is 13.0. The third-order valence-electron chi connectivity index (χ3n) is 4.90. The Morgan fingerprint density at radius 2 is 1.72 bits per heavy atom. The summed E-state index contributed by atoms with van der Waals surface area (Å²) < 4.78 is 0. The van der Waals surface area contributed by atoms with E-state index in [2.05, 4.69) is 36.1 Å². The van der Waals surface area contributed by atoms with Crippen LogP contribution in [0, 0.1) is 0 Å². The van der Waals surface area contributed by atoms with E-state index >= 15 is 0 Å². The van der Waals surface area contributed by atoms with Gasteiger partial charge in [-0.15, -0.1) is 0 Å². The maximum absolute atomic E-state index is 3.35. The highest BCUT2D eigenvalue weighted by Gasteiger charge is 2.33. The van der Waals surface area contributed by atoms with Crippen molar-refractivity contribution in [1.29, 1.82) is 0 Å². The lowest BCUT2D eigenvalue weighted by Crippen LogP contribution is -2.60. The summed E-state index contributed by atoms with van der Waals surface area (Å²) in [6, 6.07) is 2.27. The maximum Gasteiger partial charge on any atom is 0.0345 e. The second-order valence-corrected chi connectivity index (χ2v) is 6.34. The topological polar surface area (TPSA) is 18.5 Å². The molecule has 18 heavy (non-hydrogen) atoms. The van der Waals surface area contributed by atoms with Crippen LogP contribution >= 0.6 is 0 Å². The molecule has 3 nitrogen and oxygen atoms in total. The van der Waals surface area contributed by atoms with Crippen molar-refractivity contribution >= 4 is 0 Å². The number of piperazine rings is 1. The molecule has 0 spiro atoms. The molecule has 2 aliphatic rings. The number of likely N-dealkylation sites (N-methyl/N-ethyl adjacent to an activating group) is 2. The largest absolute Gasteiger partial charge is 0.318 e. The van der Waals surface area contributed by atoms with Gasteiger partial charge in [-0.25, -0.2) is 0 Å². The van der Waals surface area contributed by atoms with Gasteiger partial charge in [0.15, 0.2) is 0 Å². The van der Waals surface area contributed by atoms with Gasteiger partial charge in [0, 0.05) is 37.8 Å². The van der Waals surface area contributed by atoms with Crippen LogP contribution in [0.2, 0.25) is 0 Å². The molecule has 3 heteroatoms. The summed E-state index contributed by atoms with van der Waals surface area (Å²) >= 11 is 0. The van der Waals surface area contributed by atoms with Crippen LogP contribution in [0.1, 0.15) is 45.4 Å². The molecule has 0 aromatic heterocycles. The van der Waals surface area contributed by atoms with Crippen LogP contribution in [0.15, 0.2) is 0 Å². The standard InChI is InChI=1S/C15H31N3/c1-13-11-17(3)15(10-16-2)12-18(13)14-8-6-4-5-7-9-14/h13-16H,4-12H2,1-3H3. The molecule has 1 aliphatic carbocycles. The Kier molecular flexibility index (Phi) is 5.46. The van der Waals surface area contributed by atoms with Crippen LogP contribution in [0.25, 0.3) is 0 Å². The lowest BCUT2D eigenvalue weighted by atomic mass is 10.00. The highest BCUT2D eigenvalue weighted by atomic mass is 15.3. The molecule has 1 saturated heterocycles. The predicted molar refractivity (Wildman–Crippen MR) is 78.0 cm³/mol. The van der Waals surface area contributed by atoms with E-state index in [9.17, 15) is 0 Å². The molecule has 2 rings (SSSR count). The van der Waals surface area contributed by atoms with Crippen molar-refractivity contribution in [2.75, 3.05) is 33.7 Å². The minimum absolute atomic E-state index is 0.689. The van der Waals surface area contributed by atoms with Gasteiger partial charge in [-0.05, 0) is 33.9 Å². The van der Waals surface area contributed by atoms with Crippen molar-refractivity contribution in [3.8, 4) is 0 Å². The highest BCUT2D eigenvalue weighted by molar-refractivity contribution is 4.90. The fourth-order valence-electron chi connectivity index (χ4n) is 3.79. The first-order valence-corrected chi connectivity index (χ1v) is 7.83. The smallest absolute Gasteiger partial charge is 0.0345 e. The second-order valence-electron chi connectivity index (χ2n) is 6.34. The maximum atomic E-state index is 3.35. The summed E-state index contributed by atoms with van der Waals surface area (Å²) in [4.78, 5) is 5.35. The lowest BCUT2D eigenvalue weighted by Gasteiger charge is -2.47. The van der Waals surface area contributed by atoms with Crippen LogP contribution in [-0.4, -0.2) is 61.7 Å². The Hall–Kier alpha value is -0.120. The number of rotatable bonds is 3. The molecule has 1 N–H and O–H groups in total. The molecule has 1 heterocycles. The SMILES string of the molecule is CNCC1CN(C2CCCCCC2)C(C)CN1C. The van der Waals surface area contributed by atoms with Crippen molar-refractivity contribution < 1.29 is 0 Å². The van der Waals surface area contributed by atoms with E-state index in [1.54, 1.807) is 0 Å². The molecular formula is C15H31N3. The predicted octanol–water partition coefficient (Wildman–Crippen LogP) is 1.93. The van der Waals surface area contributed by atoms with Gasteiger partial charge < -0.3 is 5.32 Å². The average Bonchev–Trinajstić information content (AvgIpc) is 2.61. The average molecular weight is 253 g/mol. The van der Waals surface area contributed by atoms with Crippen LogP contribution < -0.4 is 5.32 Å². The second kappa shape index (κ2) is 6.88. The van der Waals surface area contributed by atoms with Crippen molar-refractivity contribution in [2.24, 2.45) is 0 Å². The summed E-state index contributed by atoms with van der Waals surface area (Å²) in [5.41, 5.74) is 0. The fraction of sp³-hybridized carbons (Fsp3) is 1.00. The van der Waals surface area contributed by atoms with Gasteiger partial charge >= 0.3 is 0 Å². The monoisotopic (exact) mass is 253 g/mol. The van der Waals surface area contributed by atoms with Crippen LogP contribution in [-0.2, 0) is 0 Å². The van der Waals surface area contributed by atoms with Gasteiger partial charge in [-0.3, -0.25) is 9.80 Å². The molecule has 0 aromatic carbocycles. The molecule has 106 valence electrons. The number of hydrogen-bond donors (Lipinski definition) is 1. The Morgan fingerprint density at radius 1 is 1.06 bits per heavy atom. The molecule has 2 atom stereocenters. The van der Waals surface area contributed by atoms with E-state index in [0.717, 1.165) is 18.6 Å². The zero-order valence-electron chi connectivity index (χ0n) is 12.5. The van der Waals surface area contributed by atoms with Crippen LogP contribution in [0.5, 0.6) is 0 Å². The normalized spacial score (nSPS) is 33.5. The van der Waals surface area contributed by atoms with Crippen LogP contribution in [0.4, 0.5) is 0 Å². The molecule has 0 aromatic rings. The zero-order valence-corrected chi connectivity index (χ0v) is 12.5. The third kappa shape index (κ3) is 3.46. The minimum atomic E-state index is 0.689. The van der Waals surface area contributed by atoms with Crippen molar-refractivity contribution in [2.45, 2.75) is 63.6 Å². The Bertz CT molecular complexity index is 236. The first kappa shape index (κ1) is 14.3. The number of hydrogen-bond acceptors (Lipinski definition) is 3. The van der Waals surface area contributed by atoms with Gasteiger partial charge in [0.2, 0.25) is 0 Å². The Labute approximate surface area is 113 Å². The number of nitrogens with zero attached hydrogens (tertiary/aromatic N) is 2. The summed E-state index contributed by atoms with van der Waals surface area (Å²) in [6.45, 7) is 6.01. The van der Waals surface area contributed by atoms with Gasteiger partial charge in [0.1, 0.15) is 0 Å². The molecular weight excluding hydrogens is 222 g/mol. The van der Waals surface area contributed by atoms with Crippen molar-refractivity contribution in [3.05, 3.63) is 0 Å². The minimum Gasteiger partial charge on any atom is -0.318 e. The molecule has 0 radical (unpaired) electrons. The van der Waals surface area contributed by atoms with Crippen molar-refractivity contribution in [1.82, 2.24) is 15.1 Å². The Balaban J connectivity index is 1.96. The van der Waals surface area contributed by atoms with Crippen molar-refractivity contribution in [3.63, 3.8) is 0 Å². The molecule has 2 fully saturated rings. The van der Waals surface area contributed by atoms with E-state index in [-0.39, 0.29) is 0 Å². The van der Waals surface area contributed by atoms with Gasteiger partial charge in [-0.2, -0.15) is 0 Å².